The number of carbonyl (C=O) groups excluding carboxylic acids is 2. The minimum atomic E-state index is -0.895. The Labute approximate surface area is 190 Å². The lowest BCUT2D eigenvalue weighted by atomic mass is 10.1. The molecule has 0 spiro atoms. The number of nitrogens with zero attached hydrogens (tertiary/aromatic N) is 2. The number of carbonyl (C=O) groups is 2. The van der Waals surface area contributed by atoms with Crippen molar-refractivity contribution in [2.45, 2.75) is 6.92 Å². The summed E-state index contributed by atoms with van der Waals surface area (Å²) in [6.07, 6.45) is 3.00. The third-order valence-electron chi connectivity index (χ3n) is 4.53. The highest BCUT2D eigenvalue weighted by Crippen LogP contribution is 2.38. The number of fused-ring (bicyclic) bond motifs is 1. The number of allylic oxidation sites excluding steroid dienone is 1. The largest absolute Gasteiger partial charge is 0.493 e. The van der Waals surface area contributed by atoms with Gasteiger partial charge >= 0.3 is 5.97 Å². The average molecular weight is 500 g/mol. The first-order valence-electron chi connectivity index (χ1n) is 9.22. The Morgan fingerprint density at radius 1 is 1.31 bits per heavy atom. The zero-order valence-corrected chi connectivity index (χ0v) is 18.4. The molecular formula is C22H15BrFN3O5. The minimum absolute atomic E-state index is 0.00176. The van der Waals surface area contributed by atoms with E-state index in [1.165, 1.54) is 37.5 Å². The molecule has 0 saturated heterocycles. The number of methoxy groups -OCH3 is 1. The maximum atomic E-state index is 13.9. The molecular weight excluding hydrogens is 485 g/mol. The van der Waals surface area contributed by atoms with E-state index in [0.717, 1.165) is 11.1 Å². The van der Waals surface area contributed by atoms with Crippen molar-refractivity contribution in [2.24, 2.45) is 4.99 Å². The molecule has 32 heavy (non-hydrogen) atoms. The van der Waals surface area contributed by atoms with E-state index in [-0.39, 0.29) is 34.3 Å². The summed E-state index contributed by atoms with van der Waals surface area (Å²) in [5, 5.41) is 9.45. The molecule has 0 unspecified atom stereocenters. The topological polar surface area (TPSA) is 101 Å². The minimum Gasteiger partial charge on any atom is -0.493 e. The predicted molar refractivity (Wildman–Crippen MR) is 117 cm³/mol. The molecule has 10 heteroatoms. The van der Waals surface area contributed by atoms with E-state index in [1.807, 2.05) is 0 Å². The highest BCUT2D eigenvalue weighted by Gasteiger charge is 2.34. The molecule has 162 valence electrons. The lowest BCUT2D eigenvalue weighted by Gasteiger charge is -2.23. The van der Waals surface area contributed by atoms with Gasteiger partial charge in [0.05, 0.1) is 22.7 Å². The molecule has 0 atom stereocenters. The molecule has 2 aliphatic heterocycles. The number of hydroxylamine groups is 2. The molecule has 2 heterocycles. The van der Waals surface area contributed by atoms with Gasteiger partial charge in [-0.2, -0.15) is 4.99 Å². The van der Waals surface area contributed by atoms with Crippen molar-refractivity contribution in [3.05, 3.63) is 75.2 Å². The van der Waals surface area contributed by atoms with Gasteiger partial charge in [-0.05, 0) is 58.8 Å². The summed E-state index contributed by atoms with van der Waals surface area (Å²) in [6.45, 7) is 1.69. The summed E-state index contributed by atoms with van der Waals surface area (Å²) >= 11 is 3.32. The van der Waals surface area contributed by atoms with Gasteiger partial charge < -0.3 is 14.3 Å². The van der Waals surface area contributed by atoms with Crippen LogP contribution in [0.1, 0.15) is 22.8 Å². The van der Waals surface area contributed by atoms with E-state index in [2.05, 4.69) is 20.9 Å². The highest BCUT2D eigenvalue weighted by molar-refractivity contribution is 9.10. The van der Waals surface area contributed by atoms with Gasteiger partial charge in [-0.3, -0.25) is 10.2 Å². The van der Waals surface area contributed by atoms with E-state index < -0.39 is 17.7 Å². The Morgan fingerprint density at radius 3 is 2.78 bits per heavy atom. The second-order valence-corrected chi connectivity index (χ2v) is 7.58. The summed E-state index contributed by atoms with van der Waals surface area (Å²) < 4.78 is 24.9. The number of amidine groups is 2. The summed E-state index contributed by atoms with van der Waals surface area (Å²) in [7, 11) is 1.37. The fourth-order valence-electron chi connectivity index (χ4n) is 3.06. The maximum absolute atomic E-state index is 13.9. The second-order valence-electron chi connectivity index (χ2n) is 6.73. The number of hydrogen-bond donors (Lipinski definition) is 1. The zero-order chi connectivity index (χ0) is 23.0. The van der Waals surface area contributed by atoms with Crippen molar-refractivity contribution >= 4 is 45.6 Å². The first kappa shape index (κ1) is 21.4. The molecule has 1 N–H and O–H groups in total. The summed E-state index contributed by atoms with van der Waals surface area (Å²) in [4.78, 5) is 34.2. The van der Waals surface area contributed by atoms with Crippen LogP contribution in [-0.2, 0) is 9.63 Å². The Bertz CT molecular complexity index is 1270. The lowest BCUT2D eigenvalue weighted by molar-refractivity contribution is -0.114. The fraction of sp³-hybridized carbons (Fsp3) is 0.0909. The number of rotatable bonds is 4. The SMILES string of the molecule is COc1cc(/C=C2/C(=N)N3OC(C)=CC3=NC2=O)cc(Br)c1OC(=O)c1ccccc1F. The Morgan fingerprint density at radius 2 is 2.06 bits per heavy atom. The van der Waals surface area contributed by atoms with E-state index in [1.54, 1.807) is 19.1 Å². The highest BCUT2D eigenvalue weighted by atomic mass is 79.9. The van der Waals surface area contributed by atoms with Crippen LogP contribution in [0.4, 0.5) is 4.39 Å². The maximum Gasteiger partial charge on any atom is 0.346 e. The van der Waals surface area contributed by atoms with Crippen LogP contribution in [0.15, 0.2) is 63.3 Å². The van der Waals surface area contributed by atoms with Crippen LogP contribution in [0.2, 0.25) is 0 Å². The number of nitrogens with one attached hydrogen (secondary N) is 1. The van der Waals surface area contributed by atoms with Crippen LogP contribution in [0.3, 0.4) is 0 Å². The molecule has 8 nitrogen and oxygen atoms in total. The first-order chi connectivity index (χ1) is 15.3. The van der Waals surface area contributed by atoms with Crippen LogP contribution in [-0.4, -0.2) is 35.7 Å². The smallest absolute Gasteiger partial charge is 0.346 e. The van der Waals surface area contributed by atoms with Crippen molar-refractivity contribution < 1.29 is 28.3 Å². The molecule has 4 rings (SSSR count). The van der Waals surface area contributed by atoms with Gasteiger partial charge in [0.15, 0.2) is 23.2 Å². The Hall–Kier alpha value is -3.79. The Balaban J connectivity index is 1.66. The van der Waals surface area contributed by atoms with Crippen LogP contribution in [0, 0.1) is 11.2 Å². The quantitative estimate of drug-likeness (QED) is 0.383. The predicted octanol–water partition coefficient (Wildman–Crippen LogP) is 4.27. The third kappa shape index (κ3) is 3.92. The number of ether oxygens (including phenoxy) is 2. The number of amides is 1. The van der Waals surface area contributed by atoms with E-state index >= 15 is 0 Å². The molecule has 2 aliphatic rings. The summed E-state index contributed by atoms with van der Waals surface area (Å²) in [6, 6.07) is 8.52. The van der Waals surface area contributed by atoms with E-state index in [0.29, 0.717) is 15.8 Å². The van der Waals surface area contributed by atoms with Crippen LogP contribution >= 0.6 is 15.9 Å². The standard InChI is InChI=1S/C22H15BrFN3O5/c1-11-7-18-26-21(28)14(20(25)27(18)32-11)8-12-9-15(23)19(17(10-12)30-2)31-22(29)13-5-3-4-6-16(13)24/h3-10,25H,1-2H3/b14-8-,25-20?. The molecule has 2 aromatic carbocycles. The molecule has 0 saturated carbocycles. The van der Waals surface area contributed by atoms with Gasteiger partial charge in [0.1, 0.15) is 11.6 Å². The van der Waals surface area contributed by atoms with Gasteiger partial charge in [0.25, 0.3) is 5.91 Å². The molecule has 0 aromatic heterocycles. The fourth-order valence-corrected chi connectivity index (χ4v) is 3.60. The third-order valence-corrected chi connectivity index (χ3v) is 5.12. The summed E-state index contributed by atoms with van der Waals surface area (Å²) in [5.41, 5.74) is 0.244. The zero-order valence-electron chi connectivity index (χ0n) is 16.8. The Kier molecular flexibility index (Phi) is 5.62. The number of halogens is 2. The number of esters is 1. The average Bonchev–Trinajstić information content (AvgIpc) is 3.13. The van der Waals surface area contributed by atoms with Gasteiger partial charge in [-0.1, -0.05) is 12.1 Å². The van der Waals surface area contributed by atoms with Crippen LogP contribution in [0.25, 0.3) is 6.08 Å². The van der Waals surface area contributed by atoms with Gasteiger partial charge in [-0.25, -0.2) is 9.18 Å². The first-order valence-corrected chi connectivity index (χ1v) is 10.0. The van der Waals surface area contributed by atoms with Gasteiger partial charge in [-0.15, -0.1) is 5.06 Å². The van der Waals surface area contributed by atoms with E-state index in [4.69, 9.17) is 19.7 Å². The van der Waals surface area contributed by atoms with Crippen LogP contribution < -0.4 is 9.47 Å². The van der Waals surface area contributed by atoms with Gasteiger partial charge in [0, 0.05) is 6.08 Å². The van der Waals surface area contributed by atoms with Crippen molar-refractivity contribution in [2.75, 3.05) is 7.11 Å². The van der Waals surface area contributed by atoms with Gasteiger partial charge in [0.2, 0.25) is 0 Å². The molecule has 0 radical (unpaired) electrons. The van der Waals surface area contributed by atoms with E-state index in [9.17, 15) is 14.0 Å². The molecule has 0 fully saturated rings. The number of benzene rings is 2. The number of aliphatic imine (C=N–C) groups is 1. The van der Waals surface area contributed by atoms with Crippen molar-refractivity contribution in [1.82, 2.24) is 5.06 Å². The van der Waals surface area contributed by atoms with Crippen molar-refractivity contribution in [3.63, 3.8) is 0 Å². The second kappa shape index (κ2) is 8.39. The summed E-state index contributed by atoms with van der Waals surface area (Å²) in [5.74, 6) is -1.43. The number of hydrogen-bond acceptors (Lipinski definition) is 6. The van der Waals surface area contributed by atoms with Crippen molar-refractivity contribution in [1.29, 1.82) is 5.41 Å². The molecule has 0 bridgehead atoms. The van der Waals surface area contributed by atoms with Crippen LogP contribution in [0.5, 0.6) is 11.5 Å². The van der Waals surface area contributed by atoms with Crippen molar-refractivity contribution in [3.8, 4) is 11.5 Å². The monoisotopic (exact) mass is 499 g/mol. The molecule has 0 aliphatic carbocycles. The normalized spacial score (nSPS) is 16.4. The molecule has 1 amide bonds. The molecule has 2 aromatic rings. The lowest BCUT2D eigenvalue weighted by Crippen LogP contribution is -2.38.